The lowest BCUT2D eigenvalue weighted by molar-refractivity contribution is 0.0802. The molecule has 2 rings (SSSR count). The minimum Gasteiger partial charge on any atom is -0.342 e. The molecule has 1 aliphatic carbocycles. The number of hydrogen-bond donors (Lipinski definition) is 1. The Balaban J connectivity index is 2.26. The summed E-state index contributed by atoms with van der Waals surface area (Å²) < 4.78 is 26.7. The van der Waals surface area contributed by atoms with E-state index in [1.807, 2.05) is 6.92 Å². The van der Waals surface area contributed by atoms with E-state index in [-0.39, 0.29) is 16.8 Å². The molecule has 0 atom stereocenters. The van der Waals surface area contributed by atoms with E-state index >= 15 is 0 Å². The molecule has 1 aromatic rings. The number of sulfonamides is 1. The average Bonchev–Trinajstić information content (AvgIpc) is 3.20. The fourth-order valence-corrected chi connectivity index (χ4v) is 3.00. The molecule has 5 nitrogen and oxygen atoms in total. The Morgan fingerprint density at radius 2 is 2.11 bits per heavy atom. The average molecular weight is 282 g/mol. The van der Waals surface area contributed by atoms with Crippen LogP contribution in [-0.2, 0) is 10.0 Å². The number of amides is 1. The van der Waals surface area contributed by atoms with Gasteiger partial charge in [0, 0.05) is 25.2 Å². The molecule has 0 unspecified atom stereocenters. The third-order valence-electron chi connectivity index (χ3n) is 3.11. The first kappa shape index (κ1) is 14.0. The van der Waals surface area contributed by atoms with Crippen LogP contribution in [0.3, 0.4) is 0 Å². The predicted molar refractivity (Wildman–Crippen MR) is 72.4 cm³/mol. The molecule has 1 N–H and O–H groups in total. The molecule has 0 saturated heterocycles. The van der Waals surface area contributed by atoms with Crippen LogP contribution in [0, 0.1) is 0 Å². The van der Waals surface area contributed by atoms with Crippen molar-refractivity contribution in [3.8, 4) is 0 Å². The second-order valence-corrected chi connectivity index (χ2v) is 6.46. The quantitative estimate of drug-likeness (QED) is 0.883. The molecular weight excluding hydrogens is 264 g/mol. The molecule has 104 valence electrons. The summed E-state index contributed by atoms with van der Waals surface area (Å²) in [7, 11) is -1.82. The van der Waals surface area contributed by atoms with Crippen molar-refractivity contribution < 1.29 is 13.2 Å². The Hall–Kier alpha value is -1.40. The van der Waals surface area contributed by atoms with Crippen LogP contribution in [0.4, 0.5) is 0 Å². The van der Waals surface area contributed by atoms with Crippen molar-refractivity contribution in [1.82, 2.24) is 9.62 Å². The minimum atomic E-state index is -3.51. The maximum atomic E-state index is 12.1. The fraction of sp³-hybridized carbons (Fsp3) is 0.462. The Labute approximate surface area is 113 Å². The summed E-state index contributed by atoms with van der Waals surface area (Å²) in [5.74, 6) is -0.175. The molecule has 0 radical (unpaired) electrons. The van der Waals surface area contributed by atoms with Gasteiger partial charge < -0.3 is 4.90 Å². The second-order valence-electron chi connectivity index (χ2n) is 4.74. The van der Waals surface area contributed by atoms with Crippen LogP contribution in [0.25, 0.3) is 0 Å². The van der Waals surface area contributed by atoms with E-state index in [0.29, 0.717) is 12.1 Å². The van der Waals surface area contributed by atoms with Gasteiger partial charge in [-0.2, -0.15) is 0 Å². The Morgan fingerprint density at radius 1 is 1.42 bits per heavy atom. The van der Waals surface area contributed by atoms with E-state index in [9.17, 15) is 13.2 Å². The number of nitrogens with zero attached hydrogens (tertiary/aromatic N) is 1. The lowest BCUT2D eigenvalue weighted by Gasteiger charge is -2.15. The van der Waals surface area contributed by atoms with E-state index in [1.165, 1.54) is 12.1 Å². The van der Waals surface area contributed by atoms with Crippen molar-refractivity contribution in [3.05, 3.63) is 29.8 Å². The van der Waals surface area contributed by atoms with Crippen LogP contribution in [0.2, 0.25) is 0 Å². The molecule has 6 heteroatoms. The van der Waals surface area contributed by atoms with Crippen LogP contribution in [0.1, 0.15) is 30.1 Å². The number of nitrogens with one attached hydrogen (secondary N) is 1. The molecular formula is C13H18N2O3S. The lowest BCUT2D eigenvalue weighted by Crippen LogP contribution is -2.28. The van der Waals surface area contributed by atoms with Gasteiger partial charge in [-0.05, 0) is 38.0 Å². The van der Waals surface area contributed by atoms with Crippen molar-refractivity contribution in [2.45, 2.75) is 30.7 Å². The first-order valence-corrected chi connectivity index (χ1v) is 7.80. The first-order chi connectivity index (χ1) is 8.94. The minimum absolute atomic E-state index is 0.0580. The standard InChI is InChI=1S/C13H18N2O3S/c1-3-15(2)13(16)10-5-4-6-12(9-10)19(17,18)14-11-7-8-11/h4-6,9,11,14H,3,7-8H2,1-2H3. The maximum absolute atomic E-state index is 12.1. The molecule has 0 spiro atoms. The highest BCUT2D eigenvalue weighted by Gasteiger charge is 2.28. The summed E-state index contributed by atoms with van der Waals surface area (Å²) in [6.07, 6.45) is 1.77. The van der Waals surface area contributed by atoms with E-state index in [0.717, 1.165) is 12.8 Å². The zero-order valence-corrected chi connectivity index (χ0v) is 11.9. The molecule has 0 aliphatic heterocycles. The van der Waals surface area contributed by atoms with Gasteiger partial charge in [-0.3, -0.25) is 4.79 Å². The summed E-state index contributed by atoms with van der Waals surface area (Å²) in [6, 6.07) is 6.22. The van der Waals surface area contributed by atoms with E-state index in [2.05, 4.69) is 4.72 Å². The molecule has 1 aliphatic rings. The molecule has 1 aromatic carbocycles. The van der Waals surface area contributed by atoms with Gasteiger partial charge in [0.25, 0.3) is 5.91 Å². The molecule has 1 amide bonds. The zero-order chi connectivity index (χ0) is 14.0. The summed E-state index contributed by atoms with van der Waals surface area (Å²) >= 11 is 0. The van der Waals surface area contributed by atoms with Crippen molar-refractivity contribution in [3.63, 3.8) is 0 Å². The van der Waals surface area contributed by atoms with Gasteiger partial charge in [-0.1, -0.05) is 6.07 Å². The van der Waals surface area contributed by atoms with Crippen molar-refractivity contribution in [1.29, 1.82) is 0 Å². The summed E-state index contributed by atoms with van der Waals surface area (Å²) in [5.41, 5.74) is 0.392. The summed E-state index contributed by atoms with van der Waals surface area (Å²) in [6.45, 7) is 2.45. The van der Waals surface area contributed by atoms with Gasteiger partial charge >= 0.3 is 0 Å². The molecule has 19 heavy (non-hydrogen) atoms. The Morgan fingerprint density at radius 3 is 2.68 bits per heavy atom. The topological polar surface area (TPSA) is 66.5 Å². The van der Waals surface area contributed by atoms with E-state index < -0.39 is 10.0 Å². The number of carbonyl (C=O) groups is 1. The molecule has 1 fully saturated rings. The summed E-state index contributed by atoms with van der Waals surface area (Å²) in [5, 5.41) is 0. The Bertz CT molecular complexity index is 579. The fourth-order valence-electron chi connectivity index (χ4n) is 1.65. The van der Waals surface area contributed by atoms with Gasteiger partial charge in [-0.25, -0.2) is 13.1 Å². The predicted octanol–water partition coefficient (Wildman–Crippen LogP) is 1.22. The highest BCUT2D eigenvalue weighted by molar-refractivity contribution is 7.89. The smallest absolute Gasteiger partial charge is 0.253 e. The van der Waals surface area contributed by atoms with Gasteiger partial charge in [0.2, 0.25) is 10.0 Å². The normalized spacial score (nSPS) is 15.3. The second kappa shape index (κ2) is 5.30. The highest BCUT2D eigenvalue weighted by Crippen LogP contribution is 2.22. The third-order valence-corrected chi connectivity index (χ3v) is 4.63. The molecule has 0 heterocycles. The maximum Gasteiger partial charge on any atom is 0.253 e. The Kier molecular flexibility index (Phi) is 3.91. The van der Waals surface area contributed by atoms with Crippen LogP contribution >= 0.6 is 0 Å². The number of hydrogen-bond acceptors (Lipinski definition) is 3. The largest absolute Gasteiger partial charge is 0.342 e. The van der Waals surface area contributed by atoms with E-state index in [4.69, 9.17) is 0 Å². The van der Waals surface area contributed by atoms with Crippen LogP contribution in [-0.4, -0.2) is 38.9 Å². The third kappa shape index (κ3) is 3.33. The first-order valence-electron chi connectivity index (χ1n) is 6.32. The molecule has 1 saturated carbocycles. The van der Waals surface area contributed by atoms with Gasteiger partial charge in [0.1, 0.15) is 0 Å². The monoisotopic (exact) mass is 282 g/mol. The van der Waals surface area contributed by atoms with Crippen LogP contribution in [0.5, 0.6) is 0 Å². The van der Waals surface area contributed by atoms with Gasteiger partial charge in [-0.15, -0.1) is 0 Å². The van der Waals surface area contributed by atoms with Gasteiger partial charge in [0.15, 0.2) is 0 Å². The molecule has 0 aromatic heterocycles. The van der Waals surface area contributed by atoms with Gasteiger partial charge in [0.05, 0.1) is 4.90 Å². The number of benzene rings is 1. The summed E-state index contributed by atoms with van der Waals surface area (Å²) in [4.78, 5) is 13.7. The molecule has 0 bridgehead atoms. The highest BCUT2D eigenvalue weighted by atomic mass is 32.2. The zero-order valence-electron chi connectivity index (χ0n) is 11.1. The van der Waals surface area contributed by atoms with Crippen molar-refractivity contribution in [2.24, 2.45) is 0 Å². The van der Waals surface area contributed by atoms with Crippen LogP contribution in [0.15, 0.2) is 29.2 Å². The van der Waals surface area contributed by atoms with E-state index in [1.54, 1.807) is 24.1 Å². The van der Waals surface area contributed by atoms with Crippen molar-refractivity contribution >= 4 is 15.9 Å². The van der Waals surface area contributed by atoms with Crippen LogP contribution < -0.4 is 4.72 Å². The lowest BCUT2D eigenvalue weighted by atomic mass is 10.2. The SMILES string of the molecule is CCN(C)C(=O)c1cccc(S(=O)(=O)NC2CC2)c1. The number of rotatable bonds is 5. The number of carbonyl (C=O) groups excluding carboxylic acids is 1. The van der Waals surface area contributed by atoms with Crippen molar-refractivity contribution in [2.75, 3.05) is 13.6 Å².